The summed E-state index contributed by atoms with van der Waals surface area (Å²) in [6, 6.07) is 15.8. The number of carbonyl (C=O) groups is 1. The third kappa shape index (κ3) is 4.65. The summed E-state index contributed by atoms with van der Waals surface area (Å²) in [7, 11) is -3.67. The molecule has 0 atom stereocenters. The second-order valence-electron chi connectivity index (χ2n) is 5.17. The lowest BCUT2D eigenvalue weighted by atomic mass is 10.2. The van der Waals surface area contributed by atoms with E-state index in [1.54, 1.807) is 18.2 Å². The number of nitrogens with one attached hydrogen (secondary N) is 1. The van der Waals surface area contributed by atoms with E-state index in [9.17, 15) is 13.2 Å². The highest BCUT2D eigenvalue weighted by Gasteiger charge is 2.20. The summed E-state index contributed by atoms with van der Waals surface area (Å²) < 4.78 is 25.5. The van der Waals surface area contributed by atoms with Crippen molar-refractivity contribution in [2.75, 3.05) is 11.1 Å². The summed E-state index contributed by atoms with van der Waals surface area (Å²) in [5.74, 6) is -1.22. The first-order valence-corrected chi connectivity index (χ1v) is 10.8. The molecule has 3 rings (SSSR count). The Kier molecular flexibility index (Phi) is 5.50. The first-order valence-electron chi connectivity index (χ1n) is 7.23. The first-order chi connectivity index (χ1) is 11.9. The normalized spacial score (nSPS) is 11.2. The van der Waals surface area contributed by atoms with Crippen molar-refractivity contribution in [3.8, 4) is 11.3 Å². The second-order valence-corrected chi connectivity index (χ2v) is 9.26. The van der Waals surface area contributed by atoms with Crippen molar-refractivity contribution in [1.29, 1.82) is 0 Å². The maximum Gasteiger partial charge on any atom is 0.241 e. The van der Waals surface area contributed by atoms with Gasteiger partial charge in [0.25, 0.3) is 0 Å². The van der Waals surface area contributed by atoms with Crippen LogP contribution in [-0.2, 0) is 14.6 Å². The molecule has 0 saturated heterocycles. The Balaban J connectivity index is 1.69. The molecule has 3 aromatic rings. The number of carbonyl (C=O) groups excluding carboxylic acids is 1. The molecule has 0 saturated carbocycles. The molecule has 0 unspecified atom stereocenters. The fourth-order valence-electron chi connectivity index (χ4n) is 2.12. The number of rotatable bonds is 5. The van der Waals surface area contributed by atoms with Gasteiger partial charge in [0.15, 0.2) is 15.0 Å². The van der Waals surface area contributed by atoms with Crippen LogP contribution in [0, 0.1) is 3.57 Å². The summed E-state index contributed by atoms with van der Waals surface area (Å²) in [6.07, 6.45) is 0. The van der Waals surface area contributed by atoms with E-state index in [1.165, 1.54) is 23.5 Å². The summed E-state index contributed by atoms with van der Waals surface area (Å²) in [5, 5.41) is 4.76. The molecule has 0 aliphatic heterocycles. The van der Waals surface area contributed by atoms with Crippen LogP contribution in [0.4, 0.5) is 5.13 Å². The Morgan fingerprint density at radius 2 is 1.76 bits per heavy atom. The average Bonchev–Trinajstić information content (AvgIpc) is 3.04. The van der Waals surface area contributed by atoms with Crippen molar-refractivity contribution in [3.63, 3.8) is 0 Å². The molecule has 0 radical (unpaired) electrons. The Morgan fingerprint density at radius 3 is 2.44 bits per heavy atom. The van der Waals surface area contributed by atoms with E-state index in [1.807, 2.05) is 29.6 Å². The number of benzene rings is 2. The van der Waals surface area contributed by atoms with Gasteiger partial charge in [-0.1, -0.05) is 30.3 Å². The van der Waals surface area contributed by atoms with Gasteiger partial charge in [-0.3, -0.25) is 4.79 Å². The van der Waals surface area contributed by atoms with Gasteiger partial charge in [-0.25, -0.2) is 13.4 Å². The molecule has 0 bridgehead atoms. The van der Waals surface area contributed by atoms with E-state index in [2.05, 4.69) is 32.9 Å². The molecule has 8 heteroatoms. The number of anilines is 1. The van der Waals surface area contributed by atoms with Gasteiger partial charge in [-0.15, -0.1) is 11.3 Å². The summed E-state index contributed by atoms with van der Waals surface area (Å²) in [5.41, 5.74) is 1.68. The largest absolute Gasteiger partial charge is 0.301 e. The highest BCUT2D eigenvalue weighted by molar-refractivity contribution is 14.1. The van der Waals surface area contributed by atoms with Gasteiger partial charge >= 0.3 is 0 Å². The maximum atomic E-state index is 12.2. The van der Waals surface area contributed by atoms with Crippen molar-refractivity contribution in [3.05, 3.63) is 63.5 Å². The Morgan fingerprint density at radius 1 is 1.08 bits per heavy atom. The molecule has 1 amide bonds. The molecule has 1 N–H and O–H groups in total. The van der Waals surface area contributed by atoms with E-state index in [0.717, 1.165) is 14.8 Å². The Hall–Kier alpha value is -1.78. The van der Waals surface area contributed by atoms with E-state index < -0.39 is 21.5 Å². The molecule has 0 spiro atoms. The standard InChI is InChI=1S/C17H13IN2O3S2/c18-13-8-6-12(7-9-13)15-10-24-17(19-15)20-16(21)11-25(22,23)14-4-2-1-3-5-14/h1-10H,11H2,(H,19,20,21). The molecule has 25 heavy (non-hydrogen) atoms. The summed E-state index contributed by atoms with van der Waals surface area (Å²) >= 11 is 3.48. The van der Waals surface area contributed by atoms with E-state index in [4.69, 9.17) is 0 Å². The molecule has 2 aromatic carbocycles. The summed E-state index contributed by atoms with van der Waals surface area (Å²) in [4.78, 5) is 16.5. The number of sulfone groups is 1. The maximum absolute atomic E-state index is 12.2. The molecule has 5 nitrogen and oxygen atoms in total. The molecule has 1 heterocycles. The third-order valence-corrected chi connectivity index (χ3v) is 6.42. The van der Waals surface area contributed by atoms with Crippen molar-refractivity contribution in [1.82, 2.24) is 4.98 Å². The lowest BCUT2D eigenvalue weighted by molar-refractivity contribution is -0.113. The number of amides is 1. The summed E-state index contributed by atoms with van der Waals surface area (Å²) in [6.45, 7) is 0. The number of aromatic nitrogens is 1. The highest BCUT2D eigenvalue weighted by atomic mass is 127. The van der Waals surface area contributed by atoms with Crippen LogP contribution >= 0.6 is 33.9 Å². The third-order valence-electron chi connectivity index (χ3n) is 3.31. The smallest absolute Gasteiger partial charge is 0.241 e. The van der Waals surface area contributed by atoms with Crippen LogP contribution in [0.25, 0.3) is 11.3 Å². The van der Waals surface area contributed by atoms with Gasteiger partial charge in [-0.2, -0.15) is 0 Å². The minimum atomic E-state index is -3.67. The zero-order chi connectivity index (χ0) is 17.9. The SMILES string of the molecule is O=C(CS(=O)(=O)c1ccccc1)Nc1nc(-c2ccc(I)cc2)cs1. The van der Waals surface area contributed by atoms with Gasteiger partial charge in [0, 0.05) is 14.5 Å². The quantitative estimate of drug-likeness (QED) is 0.559. The van der Waals surface area contributed by atoms with E-state index >= 15 is 0 Å². The van der Waals surface area contributed by atoms with Crippen LogP contribution in [-0.4, -0.2) is 25.1 Å². The number of hydrogen-bond donors (Lipinski definition) is 1. The van der Waals surface area contributed by atoms with Crippen LogP contribution in [0.15, 0.2) is 64.9 Å². The van der Waals surface area contributed by atoms with Crippen molar-refractivity contribution >= 4 is 54.8 Å². The van der Waals surface area contributed by atoms with Crippen molar-refractivity contribution in [2.45, 2.75) is 4.90 Å². The predicted molar refractivity (Wildman–Crippen MR) is 107 cm³/mol. The van der Waals surface area contributed by atoms with Crippen LogP contribution in [0.1, 0.15) is 0 Å². The number of halogens is 1. The molecule has 0 aliphatic carbocycles. The van der Waals surface area contributed by atoms with Crippen LogP contribution in [0.3, 0.4) is 0 Å². The predicted octanol–water partition coefficient (Wildman–Crippen LogP) is 3.83. The molecular weight excluding hydrogens is 471 g/mol. The van der Waals surface area contributed by atoms with Gasteiger partial charge < -0.3 is 5.32 Å². The van der Waals surface area contributed by atoms with E-state index in [0.29, 0.717) is 5.13 Å². The van der Waals surface area contributed by atoms with E-state index in [-0.39, 0.29) is 4.90 Å². The highest BCUT2D eigenvalue weighted by Crippen LogP contribution is 2.25. The zero-order valence-corrected chi connectivity index (χ0v) is 16.6. The van der Waals surface area contributed by atoms with Crippen LogP contribution in [0.5, 0.6) is 0 Å². The number of nitrogens with zero attached hydrogens (tertiary/aromatic N) is 1. The molecular formula is C17H13IN2O3S2. The lowest BCUT2D eigenvalue weighted by Crippen LogP contribution is -2.22. The topological polar surface area (TPSA) is 76.1 Å². The fourth-order valence-corrected chi connectivity index (χ4v) is 4.37. The van der Waals surface area contributed by atoms with Crippen LogP contribution < -0.4 is 5.32 Å². The molecule has 0 aliphatic rings. The number of hydrogen-bond acceptors (Lipinski definition) is 5. The molecule has 0 fully saturated rings. The monoisotopic (exact) mass is 484 g/mol. The van der Waals surface area contributed by atoms with Gasteiger partial charge in [-0.05, 0) is 46.9 Å². The number of thiazole rings is 1. The van der Waals surface area contributed by atoms with Gasteiger partial charge in [0.1, 0.15) is 5.75 Å². The zero-order valence-electron chi connectivity index (χ0n) is 12.8. The first kappa shape index (κ1) is 18.0. The van der Waals surface area contributed by atoms with Gasteiger partial charge in [0.05, 0.1) is 10.6 Å². The van der Waals surface area contributed by atoms with Gasteiger partial charge in [0.2, 0.25) is 5.91 Å². The molecule has 128 valence electrons. The minimum Gasteiger partial charge on any atom is -0.301 e. The Bertz CT molecular complexity index is 984. The van der Waals surface area contributed by atoms with Crippen LogP contribution in [0.2, 0.25) is 0 Å². The second kappa shape index (κ2) is 7.63. The van der Waals surface area contributed by atoms with Crippen molar-refractivity contribution < 1.29 is 13.2 Å². The average molecular weight is 484 g/mol. The minimum absolute atomic E-state index is 0.129. The lowest BCUT2D eigenvalue weighted by Gasteiger charge is -2.04. The Labute approximate surface area is 163 Å². The van der Waals surface area contributed by atoms with Crippen molar-refractivity contribution in [2.24, 2.45) is 0 Å². The molecule has 1 aromatic heterocycles. The fraction of sp³-hybridized carbons (Fsp3) is 0.0588.